The van der Waals surface area contributed by atoms with Gasteiger partial charge in [0.25, 0.3) is 0 Å². The molecule has 0 fully saturated rings. The second kappa shape index (κ2) is 12.4. The Morgan fingerprint density at radius 2 is 2.10 bits per heavy atom. The molecule has 0 saturated heterocycles. The molecule has 0 amide bonds. The Balaban J connectivity index is 0.00000361. The number of ether oxygens (including phenoxy) is 1. The number of nitrogens with one attached hydrogen (secondary N) is 2. The van der Waals surface area contributed by atoms with Gasteiger partial charge in [-0.25, -0.2) is 0 Å². The topological polar surface area (TPSA) is 45.7 Å². The molecule has 1 aromatic rings. The first-order valence-electron chi connectivity index (χ1n) is 6.77. The van der Waals surface area contributed by atoms with Crippen LogP contribution in [0.3, 0.4) is 0 Å². The van der Waals surface area contributed by atoms with E-state index in [9.17, 15) is 0 Å². The van der Waals surface area contributed by atoms with Gasteiger partial charge in [-0.05, 0) is 23.8 Å². The van der Waals surface area contributed by atoms with Crippen LogP contribution in [0.25, 0.3) is 0 Å². The van der Waals surface area contributed by atoms with Gasteiger partial charge in [0.05, 0.1) is 6.61 Å². The molecule has 0 saturated carbocycles. The molecule has 116 valence electrons. The molecule has 0 atom stereocenters. The number of nitrogens with zero attached hydrogens (tertiary/aromatic N) is 1. The van der Waals surface area contributed by atoms with E-state index in [4.69, 9.17) is 4.74 Å². The molecule has 20 heavy (non-hydrogen) atoms. The fourth-order valence-electron chi connectivity index (χ4n) is 1.54. The molecule has 1 rings (SSSR count). The van der Waals surface area contributed by atoms with Crippen molar-refractivity contribution in [2.75, 3.05) is 33.4 Å². The monoisotopic (exact) mass is 411 g/mol. The fraction of sp³-hybridized carbons (Fsp3) is 0.643. The molecule has 0 aliphatic heterocycles. The van der Waals surface area contributed by atoms with Crippen LogP contribution in [-0.4, -0.2) is 39.3 Å². The second-order valence-corrected chi connectivity index (χ2v) is 5.76. The maximum absolute atomic E-state index is 5.51. The first kappa shape index (κ1) is 19.7. The van der Waals surface area contributed by atoms with E-state index in [0.717, 1.165) is 32.1 Å². The predicted octanol–water partition coefficient (Wildman–Crippen LogP) is 2.75. The second-order valence-electron chi connectivity index (χ2n) is 4.72. The molecule has 1 heterocycles. The van der Waals surface area contributed by atoms with Crippen LogP contribution in [0.2, 0.25) is 0 Å². The molecule has 0 bridgehead atoms. The molecule has 0 aliphatic carbocycles. The van der Waals surface area contributed by atoms with Crippen molar-refractivity contribution in [2.24, 2.45) is 10.9 Å². The van der Waals surface area contributed by atoms with Gasteiger partial charge < -0.3 is 15.4 Å². The van der Waals surface area contributed by atoms with Crippen LogP contribution in [0, 0.1) is 5.92 Å². The number of rotatable bonds is 8. The van der Waals surface area contributed by atoms with E-state index in [1.54, 1.807) is 18.4 Å². The van der Waals surface area contributed by atoms with E-state index in [1.165, 1.54) is 4.88 Å². The molecule has 0 unspecified atom stereocenters. The Hall–Kier alpha value is -0.340. The average molecular weight is 411 g/mol. The standard InChI is InChI=1S/C14H25N3OS.HI/c1-12(2)11-18-9-8-17-14(15-3)16-7-6-13-5-4-10-19-13;/h4-5,10,12H,6-9,11H2,1-3H3,(H2,15,16,17);1H. The van der Waals surface area contributed by atoms with Gasteiger partial charge in [0.1, 0.15) is 0 Å². The van der Waals surface area contributed by atoms with Gasteiger partial charge in [-0.3, -0.25) is 4.99 Å². The van der Waals surface area contributed by atoms with Crippen molar-refractivity contribution >= 4 is 41.3 Å². The van der Waals surface area contributed by atoms with Gasteiger partial charge in [0.2, 0.25) is 0 Å². The van der Waals surface area contributed by atoms with E-state index < -0.39 is 0 Å². The first-order valence-corrected chi connectivity index (χ1v) is 7.65. The first-order chi connectivity index (χ1) is 9.22. The third-order valence-electron chi connectivity index (χ3n) is 2.46. The maximum Gasteiger partial charge on any atom is 0.191 e. The third kappa shape index (κ3) is 9.55. The summed E-state index contributed by atoms with van der Waals surface area (Å²) in [6, 6.07) is 4.24. The molecule has 0 aromatic carbocycles. The van der Waals surface area contributed by atoms with Crippen LogP contribution in [0.4, 0.5) is 0 Å². The van der Waals surface area contributed by atoms with Crippen LogP contribution >= 0.6 is 35.3 Å². The van der Waals surface area contributed by atoms with Crippen molar-refractivity contribution in [3.8, 4) is 0 Å². The molecular formula is C14H26IN3OS. The summed E-state index contributed by atoms with van der Waals surface area (Å²) in [6.45, 7) is 7.51. The van der Waals surface area contributed by atoms with Crippen molar-refractivity contribution in [3.63, 3.8) is 0 Å². The molecule has 0 spiro atoms. The molecular weight excluding hydrogens is 385 g/mol. The van der Waals surface area contributed by atoms with Gasteiger partial charge in [-0.15, -0.1) is 35.3 Å². The quantitative estimate of drug-likeness (QED) is 0.299. The zero-order valence-electron chi connectivity index (χ0n) is 12.5. The van der Waals surface area contributed by atoms with Crippen molar-refractivity contribution < 1.29 is 4.74 Å². The van der Waals surface area contributed by atoms with Crippen molar-refractivity contribution in [1.82, 2.24) is 10.6 Å². The van der Waals surface area contributed by atoms with E-state index >= 15 is 0 Å². The SMILES string of the molecule is CN=C(NCCOCC(C)C)NCCc1cccs1.I. The lowest BCUT2D eigenvalue weighted by Gasteiger charge is -2.12. The smallest absolute Gasteiger partial charge is 0.191 e. The van der Waals surface area contributed by atoms with E-state index in [0.29, 0.717) is 12.5 Å². The van der Waals surface area contributed by atoms with Crippen molar-refractivity contribution in [3.05, 3.63) is 22.4 Å². The van der Waals surface area contributed by atoms with Gasteiger partial charge in [0, 0.05) is 31.6 Å². The molecule has 0 radical (unpaired) electrons. The van der Waals surface area contributed by atoms with E-state index in [-0.39, 0.29) is 24.0 Å². The molecule has 1 aromatic heterocycles. The average Bonchev–Trinajstić information content (AvgIpc) is 2.89. The number of hydrogen-bond donors (Lipinski definition) is 2. The minimum Gasteiger partial charge on any atom is -0.379 e. The lowest BCUT2D eigenvalue weighted by Crippen LogP contribution is -2.39. The number of thiophene rings is 1. The van der Waals surface area contributed by atoms with Crippen LogP contribution in [0.1, 0.15) is 18.7 Å². The zero-order valence-corrected chi connectivity index (χ0v) is 15.7. The summed E-state index contributed by atoms with van der Waals surface area (Å²) in [7, 11) is 1.79. The Morgan fingerprint density at radius 3 is 2.70 bits per heavy atom. The van der Waals surface area contributed by atoms with Gasteiger partial charge in [-0.1, -0.05) is 19.9 Å². The highest BCUT2D eigenvalue weighted by molar-refractivity contribution is 14.0. The fourth-order valence-corrected chi connectivity index (χ4v) is 2.25. The van der Waals surface area contributed by atoms with Gasteiger partial charge in [0.15, 0.2) is 5.96 Å². The normalized spacial score (nSPS) is 11.3. The van der Waals surface area contributed by atoms with E-state index in [2.05, 4.69) is 47.0 Å². The van der Waals surface area contributed by atoms with Gasteiger partial charge >= 0.3 is 0 Å². The third-order valence-corrected chi connectivity index (χ3v) is 3.39. The number of halogens is 1. The molecule has 2 N–H and O–H groups in total. The summed E-state index contributed by atoms with van der Waals surface area (Å²) in [4.78, 5) is 5.57. The van der Waals surface area contributed by atoms with E-state index in [1.807, 2.05) is 0 Å². The van der Waals surface area contributed by atoms with Crippen LogP contribution in [0.5, 0.6) is 0 Å². The van der Waals surface area contributed by atoms with Crippen molar-refractivity contribution in [1.29, 1.82) is 0 Å². The zero-order chi connectivity index (χ0) is 13.9. The Labute approximate surface area is 143 Å². The summed E-state index contributed by atoms with van der Waals surface area (Å²) >= 11 is 1.79. The summed E-state index contributed by atoms with van der Waals surface area (Å²) in [5.41, 5.74) is 0. The molecule has 0 aliphatic rings. The Bertz CT molecular complexity index is 355. The van der Waals surface area contributed by atoms with Crippen molar-refractivity contribution in [2.45, 2.75) is 20.3 Å². The summed E-state index contributed by atoms with van der Waals surface area (Å²) < 4.78 is 5.51. The lowest BCUT2D eigenvalue weighted by molar-refractivity contribution is 0.114. The summed E-state index contributed by atoms with van der Waals surface area (Å²) in [5.74, 6) is 1.42. The van der Waals surface area contributed by atoms with Crippen LogP contribution < -0.4 is 10.6 Å². The largest absolute Gasteiger partial charge is 0.379 e. The number of guanidine groups is 1. The number of aliphatic imine (C=N–C) groups is 1. The minimum absolute atomic E-state index is 0. The molecule has 4 nitrogen and oxygen atoms in total. The lowest BCUT2D eigenvalue weighted by atomic mass is 10.2. The van der Waals surface area contributed by atoms with Crippen LogP contribution in [0.15, 0.2) is 22.5 Å². The highest BCUT2D eigenvalue weighted by Gasteiger charge is 1.98. The number of hydrogen-bond acceptors (Lipinski definition) is 3. The maximum atomic E-state index is 5.51. The highest BCUT2D eigenvalue weighted by atomic mass is 127. The Kier molecular flexibility index (Phi) is 12.2. The summed E-state index contributed by atoms with van der Waals surface area (Å²) in [5, 5.41) is 8.64. The Morgan fingerprint density at radius 1 is 1.35 bits per heavy atom. The molecule has 6 heteroatoms. The van der Waals surface area contributed by atoms with Crippen LogP contribution in [-0.2, 0) is 11.2 Å². The highest BCUT2D eigenvalue weighted by Crippen LogP contribution is 2.07. The summed E-state index contributed by atoms with van der Waals surface area (Å²) in [6.07, 6.45) is 1.03. The predicted molar refractivity (Wildman–Crippen MR) is 98.5 cm³/mol. The van der Waals surface area contributed by atoms with Gasteiger partial charge in [-0.2, -0.15) is 0 Å². The minimum atomic E-state index is 0.